The van der Waals surface area contributed by atoms with Gasteiger partial charge in [-0.05, 0) is 43.3 Å². The van der Waals surface area contributed by atoms with Crippen LogP contribution in [0.2, 0.25) is 0 Å². The van der Waals surface area contributed by atoms with Crippen molar-refractivity contribution in [3.8, 4) is 6.07 Å². The van der Waals surface area contributed by atoms with Gasteiger partial charge in [0.2, 0.25) is 0 Å². The maximum Gasteiger partial charge on any atom is 0.284 e. The van der Waals surface area contributed by atoms with E-state index in [9.17, 15) is 10.1 Å². The maximum absolute atomic E-state index is 11.3. The SMILES string of the molecule is N#Cc1cn(CCCN2CCN(c3ccc4oc(C(N)=O)cc4c3)CC2)c2ccccc12. The molecule has 2 N–H and O–H groups in total. The molecule has 162 valence electrons. The first-order valence-electron chi connectivity index (χ1n) is 10.9. The Balaban J connectivity index is 1.17. The van der Waals surface area contributed by atoms with Crippen LogP contribution in [0.3, 0.4) is 0 Å². The van der Waals surface area contributed by atoms with Crippen molar-refractivity contribution in [1.82, 2.24) is 9.47 Å². The average molecular weight is 428 g/mol. The summed E-state index contributed by atoms with van der Waals surface area (Å²) < 4.78 is 7.68. The van der Waals surface area contributed by atoms with Crippen molar-refractivity contribution < 1.29 is 9.21 Å². The summed E-state index contributed by atoms with van der Waals surface area (Å²) in [5, 5.41) is 11.3. The molecule has 0 radical (unpaired) electrons. The van der Waals surface area contributed by atoms with Crippen molar-refractivity contribution in [3.63, 3.8) is 0 Å². The summed E-state index contributed by atoms with van der Waals surface area (Å²) in [4.78, 5) is 16.2. The van der Waals surface area contributed by atoms with E-state index in [4.69, 9.17) is 10.2 Å². The minimum Gasteiger partial charge on any atom is -0.451 e. The van der Waals surface area contributed by atoms with E-state index in [1.54, 1.807) is 6.07 Å². The number of rotatable bonds is 6. The first-order valence-corrected chi connectivity index (χ1v) is 10.9. The number of primary amides is 1. The van der Waals surface area contributed by atoms with Gasteiger partial charge in [-0.3, -0.25) is 9.69 Å². The van der Waals surface area contributed by atoms with Gasteiger partial charge in [-0.2, -0.15) is 5.26 Å². The third-order valence-electron chi connectivity index (χ3n) is 6.26. The fraction of sp³-hybridized carbons (Fsp3) is 0.280. The number of fused-ring (bicyclic) bond motifs is 2. The van der Waals surface area contributed by atoms with Crippen LogP contribution in [0.4, 0.5) is 5.69 Å². The minimum atomic E-state index is -0.548. The number of hydrogen-bond acceptors (Lipinski definition) is 5. The second kappa shape index (κ2) is 8.40. The second-order valence-electron chi connectivity index (χ2n) is 8.24. The maximum atomic E-state index is 11.3. The van der Waals surface area contributed by atoms with Crippen LogP contribution in [0.25, 0.3) is 21.9 Å². The molecule has 0 unspecified atom stereocenters. The highest BCUT2D eigenvalue weighted by molar-refractivity contribution is 5.95. The Labute approximate surface area is 186 Å². The van der Waals surface area contributed by atoms with Crippen molar-refractivity contribution in [3.05, 3.63) is 66.1 Å². The minimum absolute atomic E-state index is 0.194. The van der Waals surface area contributed by atoms with Crippen molar-refractivity contribution in [2.75, 3.05) is 37.6 Å². The van der Waals surface area contributed by atoms with E-state index in [1.165, 1.54) is 0 Å². The predicted molar refractivity (Wildman–Crippen MR) is 125 cm³/mol. The lowest BCUT2D eigenvalue weighted by atomic mass is 10.2. The number of nitrogens with two attached hydrogens (primary N) is 1. The van der Waals surface area contributed by atoms with Gasteiger partial charge in [0.15, 0.2) is 5.76 Å². The Bertz CT molecular complexity index is 1320. The zero-order valence-electron chi connectivity index (χ0n) is 17.8. The average Bonchev–Trinajstić information content (AvgIpc) is 3.41. The highest BCUT2D eigenvalue weighted by Gasteiger charge is 2.18. The molecule has 7 nitrogen and oxygen atoms in total. The second-order valence-corrected chi connectivity index (χ2v) is 8.24. The summed E-state index contributed by atoms with van der Waals surface area (Å²) in [6.07, 6.45) is 3.01. The standard InChI is InChI=1S/C25H25N5O2/c26-16-19-17-30(22-5-2-1-4-21(19)22)9-3-8-28-10-12-29(13-11-28)20-6-7-23-18(14-20)15-24(32-23)25(27)31/h1-2,4-7,14-15,17H,3,8-13H2,(H2,27,31). The molecule has 7 heteroatoms. The summed E-state index contributed by atoms with van der Waals surface area (Å²) in [6.45, 7) is 5.86. The molecule has 2 aromatic heterocycles. The lowest BCUT2D eigenvalue weighted by Gasteiger charge is -2.36. The van der Waals surface area contributed by atoms with E-state index in [1.807, 2.05) is 36.5 Å². The summed E-state index contributed by atoms with van der Waals surface area (Å²) in [6, 6.07) is 18.1. The number of hydrogen-bond donors (Lipinski definition) is 1. The first kappa shape index (κ1) is 20.2. The number of benzene rings is 2. The van der Waals surface area contributed by atoms with Gasteiger partial charge in [-0.15, -0.1) is 0 Å². The van der Waals surface area contributed by atoms with E-state index >= 15 is 0 Å². The predicted octanol–water partition coefficient (Wildman–Crippen LogP) is 3.57. The molecule has 1 aliphatic rings. The molecular formula is C25H25N5O2. The van der Waals surface area contributed by atoms with Crippen molar-refractivity contribution in [1.29, 1.82) is 5.26 Å². The zero-order chi connectivity index (χ0) is 22.1. The Kier molecular flexibility index (Phi) is 5.29. The Hall–Kier alpha value is -3.76. The number of nitriles is 1. The van der Waals surface area contributed by atoms with Gasteiger partial charge in [0.05, 0.1) is 5.56 Å². The lowest BCUT2D eigenvalue weighted by Crippen LogP contribution is -2.46. The molecule has 0 aliphatic carbocycles. The largest absolute Gasteiger partial charge is 0.451 e. The monoisotopic (exact) mass is 427 g/mol. The smallest absolute Gasteiger partial charge is 0.284 e. The fourth-order valence-electron chi connectivity index (χ4n) is 4.56. The number of carbonyl (C=O) groups excluding carboxylic acids is 1. The molecular weight excluding hydrogens is 402 g/mol. The molecule has 0 bridgehead atoms. The normalized spacial score (nSPS) is 14.8. The van der Waals surface area contributed by atoms with Gasteiger partial charge in [0.1, 0.15) is 11.7 Å². The van der Waals surface area contributed by atoms with Gasteiger partial charge in [0, 0.05) is 60.9 Å². The quantitative estimate of drug-likeness (QED) is 0.508. The topological polar surface area (TPSA) is 91.4 Å². The number of carbonyl (C=O) groups is 1. The van der Waals surface area contributed by atoms with E-state index in [2.05, 4.69) is 32.6 Å². The Morgan fingerprint density at radius 1 is 1.06 bits per heavy atom. The van der Waals surface area contributed by atoms with Crippen LogP contribution in [-0.4, -0.2) is 48.1 Å². The fourth-order valence-corrected chi connectivity index (χ4v) is 4.56. The molecule has 1 fully saturated rings. The van der Waals surface area contributed by atoms with Crippen molar-refractivity contribution in [2.24, 2.45) is 5.73 Å². The first-order chi connectivity index (χ1) is 15.6. The molecule has 1 aliphatic heterocycles. The number of amides is 1. The van der Waals surface area contributed by atoms with Gasteiger partial charge in [0.25, 0.3) is 5.91 Å². The third kappa shape index (κ3) is 3.81. The molecule has 0 saturated carbocycles. The number of piperazine rings is 1. The number of aryl methyl sites for hydroxylation is 1. The van der Waals surface area contributed by atoms with Crippen molar-refractivity contribution >= 4 is 33.5 Å². The van der Waals surface area contributed by atoms with Gasteiger partial charge in [-0.1, -0.05) is 18.2 Å². The molecule has 0 atom stereocenters. The third-order valence-corrected chi connectivity index (χ3v) is 6.26. The summed E-state index contributed by atoms with van der Waals surface area (Å²) in [5.74, 6) is -0.354. The van der Waals surface area contributed by atoms with Crippen LogP contribution >= 0.6 is 0 Å². The van der Waals surface area contributed by atoms with Crippen LogP contribution < -0.4 is 10.6 Å². The van der Waals surface area contributed by atoms with Crippen LogP contribution in [0.5, 0.6) is 0 Å². The summed E-state index contributed by atoms with van der Waals surface area (Å²) in [7, 11) is 0. The highest BCUT2D eigenvalue weighted by atomic mass is 16.3. The van der Waals surface area contributed by atoms with Crippen molar-refractivity contribution in [2.45, 2.75) is 13.0 Å². The molecule has 32 heavy (non-hydrogen) atoms. The van der Waals surface area contributed by atoms with E-state index in [-0.39, 0.29) is 5.76 Å². The number of para-hydroxylation sites is 1. The van der Waals surface area contributed by atoms with Crippen LogP contribution in [0, 0.1) is 11.3 Å². The molecule has 5 rings (SSSR count). The van der Waals surface area contributed by atoms with Gasteiger partial charge < -0.3 is 19.6 Å². The molecule has 1 saturated heterocycles. The lowest BCUT2D eigenvalue weighted by molar-refractivity contribution is 0.0976. The van der Waals surface area contributed by atoms with Crippen LogP contribution in [0.1, 0.15) is 22.5 Å². The molecule has 1 amide bonds. The van der Waals surface area contributed by atoms with Gasteiger partial charge >= 0.3 is 0 Å². The van der Waals surface area contributed by atoms with E-state index in [0.29, 0.717) is 5.58 Å². The number of aromatic nitrogens is 1. The molecule has 0 spiro atoms. The highest BCUT2D eigenvalue weighted by Crippen LogP contribution is 2.26. The summed E-state index contributed by atoms with van der Waals surface area (Å²) >= 11 is 0. The Morgan fingerprint density at radius 2 is 1.88 bits per heavy atom. The number of nitrogens with zero attached hydrogens (tertiary/aromatic N) is 4. The van der Waals surface area contributed by atoms with E-state index < -0.39 is 5.91 Å². The number of furan rings is 1. The summed E-state index contributed by atoms with van der Waals surface area (Å²) in [5.41, 5.74) is 9.01. The van der Waals surface area contributed by atoms with E-state index in [0.717, 1.165) is 73.2 Å². The van der Waals surface area contributed by atoms with Crippen LogP contribution in [0.15, 0.2) is 59.1 Å². The molecule has 2 aromatic carbocycles. The Morgan fingerprint density at radius 3 is 2.66 bits per heavy atom. The molecule has 4 aromatic rings. The van der Waals surface area contributed by atoms with Gasteiger partial charge in [-0.25, -0.2) is 0 Å². The zero-order valence-corrected chi connectivity index (χ0v) is 17.8. The number of anilines is 1. The van der Waals surface area contributed by atoms with Crippen LogP contribution in [-0.2, 0) is 6.54 Å². The molecule has 3 heterocycles.